The summed E-state index contributed by atoms with van der Waals surface area (Å²) < 4.78 is 10.4. The van der Waals surface area contributed by atoms with Crippen molar-refractivity contribution in [1.82, 2.24) is 10.2 Å². The van der Waals surface area contributed by atoms with E-state index in [1.807, 2.05) is 27.7 Å². The van der Waals surface area contributed by atoms with Crippen molar-refractivity contribution in [3.8, 4) is 0 Å². The first-order valence-electron chi connectivity index (χ1n) is 9.69. The highest BCUT2D eigenvalue weighted by Crippen LogP contribution is 2.34. The van der Waals surface area contributed by atoms with Crippen molar-refractivity contribution >= 4 is 12.1 Å². The molecule has 2 saturated heterocycles. The fraction of sp³-hybridized carbons (Fsp3) is 0.895. The van der Waals surface area contributed by atoms with Gasteiger partial charge < -0.3 is 14.8 Å². The van der Waals surface area contributed by atoms with Crippen LogP contribution in [0.5, 0.6) is 0 Å². The Morgan fingerprint density at radius 2 is 1.80 bits per heavy atom. The number of hydrogen-bond acceptors (Lipinski definition) is 5. The number of fused-ring (bicyclic) bond motifs is 2. The van der Waals surface area contributed by atoms with Gasteiger partial charge >= 0.3 is 12.1 Å². The van der Waals surface area contributed by atoms with Crippen LogP contribution in [-0.2, 0) is 14.3 Å². The van der Waals surface area contributed by atoms with Crippen LogP contribution >= 0.6 is 0 Å². The van der Waals surface area contributed by atoms with Crippen molar-refractivity contribution in [3.63, 3.8) is 0 Å². The number of carbonyl (C=O) groups excluding carboxylic acids is 2. The molecular weight excluding hydrogens is 320 g/mol. The summed E-state index contributed by atoms with van der Waals surface area (Å²) in [7, 11) is 0. The van der Waals surface area contributed by atoms with E-state index in [0.717, 1.165) is 25.8 Å². The fourth-order valence-corrected chi connectivity index (χ4v) is 4.07. The largest absolute Gasteiger partial charge is 0.466 e. The molecule has 2 rings (SSSR count). The fourth-order valence-electron chi connectivity index (χ4n) is 4.07. The molecule has 2 fully saturated rings. The first kappa shape index (κ1) is 20.0. The average Bonchev–Trinajstić information content (AvgIpc) is 2.45. The zero-order chi connectivity index (χ0) is 18.4. The number of amides is 1. The average molecular weight is 354 g/mol. The molecule has 0 radical (unpaired) electrons. The van der Waals surface area contributed by atoms with Gasteiger partial charge in [0.15, 0.2) is 0 Å². The second kappa shape index (κ2) is 8.88. The molecule has 0 aromatic carbocycles. The van der Waals surface area contributed by atoms with Crippen molar-refractivity contribution in [2.45, 2.75) is 96.4 Å². The molecule has 25 heavy (non-hydrogen) atoms. The summed E-state index contributed by atoms with van der Waals surface area (Å²) in [5.41, 5.74) is -0.465. The molecular formula is C19H34N2O4. The number of carbonyl (C=O) groups is 2. The predicted octanol–water partition coefficient (Wildman–Crippen LogP) is 3.24. The molecule has 1 amide bonds. The Hall–Kier alpha value is -1.30. The van der Waals surface area contributed by atoms with Gasteiger partial charge in [0.05, 0.1) is 6.61 Å². The molecule has 2 atom stereocenters. The molecule has 0 spiro atoms. The van der Waals surface area contributed by atoms with Crippen molar-refractivity contribution in [2.75, 3.05) is 13.2 Å². The van der Waals surface area contributed by atoms with Gasteiger partial charge in [-0.3, -0.25) is 9.69 Å². The Morgan fingerprint density at radius 3 is 2.36 bits per heavy atom. The Kier molecular flexibility index (Phi) is 7.11. The molecule has 6 nitrogen and oxygen atoms in total. The van der Waals surface area contributed by atoms with Crippen molar-refractivity contribution in [2.24, 2.45) is 0 Å². The molecule has 2 heterocycles. The third kappa shape index (κ3) is 6.49. The number of nitrogens with one attached hydrogen (secondary N) is 1. The summed E-state index contributed by atoms with van der Waals surface area (Å²) in [6.45, 7) is 8.87. The van der Waals surface area contributed by atoms with E-state index in [-0.39, 0.29) is 18.1 Å². The topological polar surface area (TPSA) is 67.9 Å². The van der Waals surface area contributed by atoms with Gasteiger partial charge in [0.1, 0.15) is 5.60 Å². The zero-order valence-electron chi connectivity index (χ0n) is 16.2. The van der Waals surface area contributed by atoms with Gasteiger partial charge in [-0.2, -0.15) is 0 Å². The van der Waals surface area contributed by atoms with Gasteiger partial charge in [-0.15, -0.1) is 0 Å². The number of nitrogens with zero attached hydrogens (tertiary/aromatic N) is 1. The molecule has 0 aromatic heterocycles. The summed E-state index contributed by atoms with van der Waals surface area (Å²) in [5, 5.41) is 3.05. The molecule has 2 aliphatic rings. The Bertz CT molecular complexity index is 447. The number of hydrogen-bond donors (Lipinski definition) is 1. The van der Waals surface area contributed by atoms with Crippen molar-refractivity contribution in [1.29, 1.82) is 0 Å². The van der Waals surface area contributed by atoms with Crippen LogP contribution in [0, 0.1) is 0 Å². The minimum Gasteiger partial charge on any atom is -0.466 e. The van der Waals surface area contributed by atoms with Gasteiger partial charge in [-0.05, 0) is 66.3 Å². The highest BCUT2D eigenvalue weighted by molar-refractivity contribution is 5.69. The lowest BCUT2D eigenvalue weighted by atomic mass is 9.81. The predicted molar refractivity (Wildman–Crippen MR) is 96.4 cm³/mol. The van der Waals surface area contributed by atoms with Crippen LogP contribution < -0.4 is 5.32 Å². The maximum atomic E-state index is 12.0. The number of ether oxygens (including phenoxy) is 2. The Labute approximate surface area is 151 Å². The van der Waals surface area contributed by atoms with Gasteiger partial charge in [-0.25, -0.2) is 4.79 Å². The molecule has 2 bridgehead atoms. The highest BCUT2D eigenvalue weighted by Gasteiger charge is 2.38. The van der Waals surface area contributed by atoms with Gasteiger partial charge in [0, 0.05) is 24.5 Å². The SMILES string of the molecule is CCOC(=O)CCCN1C2CCCC1CC(NC(=O)OC(C)(C)C)C2. The molecule has 2 aliphatic heterocycles. The summed E-state index contributed by atoms with van der Waals surface area (Å²) in [5.74, 6) is -0.103. The molecule has 0 aromatic rings. The van der Waals surface area contributed by atoms with Crippen molar-refractivity contribution < 1.29 is 19.1 Å². The monoisotopic (exact) mass is 354 g/mol. The van der Waals surface area contributed by atoms with Crippen molar-refractivity contribution in [3.05, 3.63) is 0 Å². The van der Waals surface area contributed by atoms with Crippen LogP contribution in [0.25, 0.3) is 0 Å². The number of alkyl carbamates (subject to hydrolysis) is 1. The number of esters is 1. The lowest BCUT2D eigenvalue weighted by molar-refractivity contribution is -0.143. The van der Waals surface area contributed by atoms with E-state index in [1.54, 1.807) is 0 Å². The maximum absolute atomic E-state index is 12.0. The van der Waals surface area contributed by atoms with E-state index in [0.29, 0.717) is 25.1 Å². The first-order valence-corrected chi connectivity index (χ1v) is 9.69. The van der Waals surface area contributed by atoms with E-state index < -0.39 is 5.60 Å². The molecule has 0 saturated carbocycles. The van der Waals surface area contributed by atoms with E-state index in [4.69, 9.17) is 9.47 Å². The van der Waals surface area contributed by atoms with Crippen LogP contribution in [0.4, 0.5) is 4.79 Å². The molecule has 144 valence electrons. The van der Waals surface area contributed by atoms with E-state index >= 15 is 0 Å². The second-order valence-electron chi connectivity index (χ2n) is 8.20. The summed E-state index contributed by atoms with van der Waals surface area (Å²) in [6.07, 6.45) is 6.54. The Morgan fingerprint density at radius 1 is 1.16 bits per heavy atom. The maximum Gasteiger partial charge on any atom is 0.407 e. The third-order valence-electron chi connectivity index (χ3n) is 4.95. The highest BCUT2D eigenvalue weighted by atomic mass is 16.6. The summed E-state index contributed by atoms with van der Waals surface area (Å²) >= 11 is 0. The van der Waals surface area contributed by atoms with Crippen LogP contribution in [0.15, 0.2) is 0 Å². The van der Waals surface area contributed by atoms with Crippen LogP contribution in [0.3, 0.4) is 0 Å². The van der Waals surface area contributed by atoms with E-state index in [9.17, 15) is 9.59 Å². The van der Waals surface area contributed by atoms with Gasteiger partial charge in [0.25, 0.3) is 0 Å². The van der Waals surface area contributed by atoms with E-state index in [2.05, 4.69) is 10.2 Å². The lowest BCUT2D eigenvalue weighted by Crippen LogP contribution is -2.57. The normalized spacial score (nSPS) is 26.8. The van der Waals surface area contributed by atoms with Crippen LogP contribution in [-0.4, -0.2) is 53.8 Å². The van der Waals surface area contributed by atoms with Crippen LogP contribution in [0.1, 0.15) is 72.6 Å². The minimum atomic E-state index is -0.465. The molecule has 6 heteroatoms. The van der Waals surface area contributed by atoms with Gasteiger partial charge in [0.2, 0.25) is 0 Å². The van der Waals surface area contributed by atoms with Gasteiger partial charge in [-0.1, -0.05) is 6.42 Å². The van der Waals surface area contributed by atoms with Crippen LogP contribution in [0.2, 0.25) is 0 Å². The smallest absolute Gasteiger partial charge is 0.407 e. The molecule has 0 aliphatic carbocycles. The summed E-state index contributed by atoms with van der Waals surface area (Å²) in [6, 6.07) is 1.18. The zero-order valence-corrected chi connectivity index (χ0v) is 16.2. The first-order chi connectivity index (χ1) is 11.8. The number of piperidine rings is 2. The third-order valence-corrected chi connectivity index (χ3v) is 4.95. The van der Waals surface area contributed by atoms with E-state index in [1.165, 1.54) is 19.3 Å². The Balaban J connectivity index is 1.81. The number of rotatable bonds is 6. The second-order valence-corrected chi connectivity index (χ2v) is 8.20. The molecule has 2 unspecified atom stereocenters. The lowest BCUT2D eigenvalue weighted by Gasteiger charge is -2.49. The minimum absolute atomic E-state index is 0.103. The quantitative estimate of drug-likeness (QED) is 0.742. The molecule has 1 N–H and O–H groups in total. The summed E-state index contributed by atoms with van der Waals surface area (Å²) in [4.78, 5) is 26.1. The standard InChI is InChI=1S/C19H34N2O4/c1-5-24-17(22)10-7-11-21-15-8-6-9-16(21)13-14(12-15)20-18(23)25-19(2,3)4/h14-16H,5-13H2,1-4H3,(H,20,23).